The first-order valence-electron chi connectivity index (χ1n) is 6.22. The van der Waals surface area contributed by atoms with Crippen LogP contribution in [-0.4, -0.2) is 23.4 Å². The summed E-state index contributed by atoms with van der Waals surface area (Å²) in [5, 5.41) is 4.21. The molecule has 2 N–H and O–H groups in total. The van der Waals surface area contributed by atoms with Crippen LogP contribution in [0.25, 0.3) is 0 Å². The Morgan fingerprint density at radius 1 is 1.18 bits per heavy atom. The number of alkyl halides is 1. The first-order chi connectivity index (χ1) is 7.97. The van der Waals surface area contributed by atoms with Crippen molar-refractivity contribution in [2.45, 2.75) is 64.3 Å². The van der Waals surface area contributed by atoms with E-state index in [0.717, 1.165) is 12.8 Å². The van der Waals surface area contributed by atoms with Crippen LogP contribution >= 0.6 is 11.6 Å². The molecule has 4 nitrogen and oxygen atoms in total. The van der Waals surface area contributed by atoms with E-state index < -0.39 is 17.3 Å². The van der Waals surface area contributed by atoms with E-state index in [0.29, 0.717) is 0 Å². The van der Waals surface area contributed by atoms with Crippen LogP contribution < -0.4 is 10.6 Å². The largest absolute Gasteiger partial charge is 0.335 e. The normalized spacial score (nSPS) is 13.9. The van der Waals surface area contributed by atoms with Gasteiger partial charge >= 0.3 is 6.03 Å². The zero-order valence-electron chi connectivity index (χ0n) is 10.9. The lowest BCUT2D eigenvalue weighted by atomic mass is 10.1. The van der Waals surface area contributed by atoms with Crippen LogP contribution in [0.15, 0.2) is 0 Å². The first kappa shape index (κ1) is 16.2. The van der Waals surface area contributed by atoms with Crippen molar-refractivity contribution in [1.82, 2.24) is 10.6 Å². The lowest BCUT2D eigenvalue weighted by Crippen LogP contribution is -2.45. The second-order valence-electron chi connectivity index (χ2n) is 4.33. The Balaban J connectivity index is 3.69. The van der Waals surface area contributed by atoms with Crippen LogP contribution in [0.4, 0.5) is 4.79 Å². The summed E-state index contributed by atoms with van der Waals surface area (Å²) in [6.07, 6.45) is 5.63. The van der Waals surface area contributed by atoms with Crippen molar-refractivity contribution < 1.29 is 9.59 Å². The Morgan fingerprint density at radius 2 is 1.82 bits per heavy atom. The van der Waals surface area contributed by atoms with E-state index in [9.17, 15) is 9.59 Å². The summed E-state index contributed by atoms with van der Waals surface area (Å²) < 4.78 is 0. The van der Waals surface area contributed by atoms with Crippen LogP contribution in [0.5, 0.6) is 0 Å². The highest BCUT2D eigenvalue weighted by atomic mass is 35.5. The number of unbranched alkanes of at least 4 members (excludes halogenated alkanes) is 3. The van der Waals surface area contributed by atoms with Crippen LogP contribution in [-0.2, 0) is 4.79 Å². The van der Waals surface area contributed by atoms with Gasteiger partial charge in [0.25, 0.3) is 0 Å². The molecule has 0 bridgehead atoms. The quantitative estimate of drug-likeness (QED) is 0.548. The molecule has 0 saturated heterocycles. The number of halogens is 1. The van der Waals surface area contributed by atoms with E-state index in [-0.39, 0.29) is 6.04 Å². The Labute approximate surface area is 108 Å². The van der Waals surface area contributed by atoms with Crippen LogP contribution in [0, 0.1) is 0 Å². The van der Waals surface area contributed by atoms with Gasteiger partial charge in [0.05, 0.1) is 0 Å². The van der Waals surface area contributed by atoms with Crippen molar-refractivity contribution in [1.29, 1.82) is 0 Å². The third-order valence-corrected chi connectivity index (χ3v) is 2.66. The fourth-order valence-electron chi connectivity index (χ4n) is 1.42. The van der Waals surface area contributed by atoms with Crippen molar-refractivity contribution in [2.24, 2.45) is 0 Å². The monoisotopic (exact) mass is 262 g/mol. The van der Waals surface area contributed by atoms with E-state index in [1.807, 2.05) is 6.92 Å². The summed E-state index contributed by atoms with van der Waals surface area (Å²) in [6.45, 7) is 5.62. The zero-order chi connectivity index (χ0) is 13.3. The van der Waals surface area contributed by atoms with Crippen LogP contribution in [0.3, 0.4) is 0 Å². The molecule has 0 spiro atoms. The van der Waals surface area contributed by atoms with E-state index in [4.69, 9.17) is 11.6 Å². The zero-order valence-corrected chi connectivity index (χ0v) is 11.6. The topological polar surface area (TPSA) is 58.2 Å². The molecule has 0 aliphatic heterocycles. The number of amides is 3. The maximum atomic E-state index is 11.4. The number of imide groups is 1. The molecule has 5 heteroatoms. The van der Waals surface area contributed by atoms with Crippen molar-refractivity contribution >= 4 is 23.5 Å². The molecule has 0 aromatic rings. The van der Waals surface area contributed by atoms with Gasteiger partial charge in [-0.25, -0.2) is 4.79 Å². The molecular weight excluding hydrogens is 240 g/mol. The molecule has 0 saturated carbocycles. The summed E-state index contributed by atoms with van der Waals surface area (Å²) in [5.74, 6) is -0.470. The molecule has 100 valence electrons. The number of hydrogen-bond acceptors (Lipinski definition) is 2. The maximum absolute atomic E-state index is 11.4. The molecule has 0 fully saturated rings. The minimum absolute atomic E-state index is 0.0743. The second kappa shape index (κ2) is 9.28. The Bertz CT molecular complexity index is 245. The van der Waals surface area contributed by atoms with Crippen LogP contribution in [0.1, 0.15) is 52.9 Å². The summed E-state index contributed by atoms with van der Waals surface area (Å²) in [5.41, 5.74) is 0. The standard InChI is InChI=1S/C12H23ClN2O2/c1-4-5-6-7-8-9(2)14-12(17)15-11(16)10(3)13/h9-10H,4-8H2,1-3H3,(H2,14,15,16,17). The molecule has 17 heavy (non-hydrogen) atoms. The van der Waals surface area contributed by atoms with E-state index in [1.54, 1.807) is 0 Å². The average molecular weight is 263 g/mol. The third kappa shape index (κ3) is 8.98. The van der Waals surface area contributed by atoms with E-state index >= 15 is 0 Å². The Morgan fingerprint density at radius 3 is 2.35 bits per heavy atom. The Hall–Kier alpha value is -0.770. The van der Waals surface area contributed by atoms with Gasteiger partial charge in [-0.15, -0.1) is 11.6 Å². The fraction of sp³-hybridized carbons (Fsp3) is 0.833. The summed E-state index contributed by atoms with van der Waals surface area (Å²) >= 11 is 5.54. The number of rotatable bonds is 7. The summed E-state index contributed by atoms with van der Waals surface area (Å²) in [4.78, 5) is 22.5. The first-order valence-corrected chi connectivity index (χ1v) is 6.66. The number of urea groups is 1. The van der Waals surface area contributed by atoms with E-state index in [2.05, 4.69) is 17.6 Å². The molecule has 3 amide bonds. The number of carbonyl (C=O) groups excluding carboxylic acids is 2. The molecule has 0 heterocycles. The highest BCUT2D eigenvalue weighted by molar-refractivity contribution is 6.31. The van der Waals surface area contributed by atoms with Gasteiger partial charge in [-0.2, -0.15) is 0 Å². The highest BCUT2D eigenvalue weighted by Gasteiger charge is 2.14. The lowest BCUT2D eigenvalue weighted by Gasteiger charge is -2.14. The van der Waals surface area contributed by atoms with Gasteiger partial charge in [-0.1, -0.05) is 32.6 Å². The van der Waals surface area contributed by atoms with E-state index in [1.165, 1.54) is 26.2 Å². The van der Waals surface area contributed by atoms with Gasteiger partial charge in [-0.05, 0) is 20.3 Å². The molecule has 2 atom stereocenters. The Kier molecular flexibility index (Phi) is 8.86. The molecule has 2 unspecified atom stereocenters. The number of nitrogens with one attached hydrogen (secondary N) is 2. The molecule has 0 aliphatic carbocycles. The molecule has 0 aliphatic rings. The van der Waals surface area contributed by atoms with Gasteiger partial charge in [0.15, 0.2) is 0 Å². The SMILES string of the molecule is CCCCCCC(C)NC(=O)NC(=O)C(C)Cl. The minimum Gasteiger partial charge on any atom is -0.335 e. The molecule has 0 rings (SSSR count). The smallest absolute Gasteiger partial charge is 0.321 e. The predicted octanol–water partition coefficient (Wildman–Crippen LogP) is 2.80. The van der Waals surface area contributed by atoms with Crippen molar-refractivity contribution in [3.8, 4) is 0 Å². The number of carbonyl (C=O) groups is 2. The van der Waals surface area contributed by atoms with Gasteiger partial charge < -0.3 is 5.32 Å². The molecule has 0 radical (unpaired) electrons. The minimum atomic E-state index is -0.694. The van der Waals surface area contributed by atoms with Gasteiger partial charge in [0, 0.05) is 6.04 Å². The third-order valence-electron chi connectivity index (χ3n) is 2.47. The lowest BCUT2D eigenvalue weighted by molar-refractivity contribution is -0.119. The summed E-state index contributed by atoms with van der Waals surface area (Å²) in [7, 11) is 0. The fourth-order valence-corrected chi connectivity index (χ4v) is 1.48. The van der Waals surface area contributed by atoms with Crippen molar-refractivity contribution in [3.63, 3.8) is 0 Å². The van der Waals surface area contributed by atoms with Gasteiger partial charge in [0.2, 0.25) is 5.91 Å². The molecule has 0 aromatic carbocycles. The van der Waals surface area contributed by atoms with Crippen LogP contribution in [0.2, 0.25) is 0 Å². The highest BCUT2D eigenvalue weighted by Crippen LogP contribution is 2.05. The average Bonchev–Trinajstić information content (AvgIpc) is 2.24. The van der Waals surface area contributed by atoms with Crippen molar-refractivity contribution in [2.75, 3.05) is 0 Å². The molecular formula is C12H23ClN2O2. The molecule has 0 aromatic heterocycles. The predicted molar refractivity (Wildman–Crippen MR) is 70.2 cm³/mol. The maximum Gasteiger partial charge on any atom is 0.321 e. The summed E-state index contributed by atoms with van der Waals surface area (Å²) in [6, 6.07) is -0.393. The second-order valence-corrected chi connectivity index (χ2v) is 4.98. The van der Waals surface area contributed by atoms with Gasteiger partial charge in [0.1, 0.15) is 5.38 Å². The number of hydrogen-bond donors (Lipinski definition) is 2. The van der Waals surface area contributed by atoms with Crippen molar-refractivity contribution in [3.05, 3.63) is 0 Å². The van der Waals surface area contributed by atoms with Gasteiger partial charge in [-0.3, -0.25) is 10.1 Å².